The minimum Gasteiger partial charge on any atom is -0.508 e. The van der Waals surface area contributed by atoms with Gasteiger partial charge in [0.2, 0.25) is 0 Å². The Morgan fingerprint density at radius 1 is 1.00 bits per heavy atom. The molecule has 0 fully saturated rings. The number of benzene rings is 2. The maximum absolute atomic E-state index is 12.2. The number of phenols is 1. The number of carbonyl (C=O) groups excluding carboxylic acids is 2. The van der Waals surface area contributed by atoms with Crippen molar-refractivity contribution in [3.63, 3.8) is 0 Å². The van der Waals surface area contributed by atoms with Crippen LogP contribution in [0.4, 0.5) is 0 Å². The van der Waals surface area contributed by atoms with Crippen LogP contribution in [-0.2, 0) is 0 Å². The average Bonchev–Trinajstić information content (AvgIpc) is 3.20. The maximum Gasteiger partial charge on any atom is 0.269 e. The quantitative estimate of drug-likeness (QED) is 0.474. The van der Waals surface area contributed by atoms with E-state index < -0.39 is 0 Å². The van der Waals surface area contributed by atoms with Gasteiger partial charge in [0.05, 0.1) is 5.69 Å². The SMILES string of the molecule is Cc1ccc(C(=O)NCCCNC(=O)c2cc(-c3ccccc3)n[nH]2)cc1O. The van der Waals surface area contributed by atoms with E-state index in [2.05, 4.69) is 20.8 Å². The lowest BCUT2D eigenvalue weighted by Gasteiger charge is -2.07. The first-order chi connectivity index (χ1) is 13.5. The molecular weight excluding hydrogens is 356 g/mol. The molecule has 2 aromatic carbocycles. The van der Waals surface area contributed by atoms with Crippen LogP contribution >= 0.6 is 0 Å². The van der Waals surface area contributed by atoms with Gasteiger partial charge in [0.25, 0.3) is 11.8 Å². The van der Waals surface area contributed by atoms with Gasteiger partial charge in [-0.2, -0.15) is 5.10 Å². The Morgan fingerprint density at radius 2 is 1.71 bits per heavy atom. The highest BCUT2D eigenvalue weighted by Gasteiger charge is 2.11. The summed E-state index contributed by atoms with van der Waals surface area (Å²) in [5, 5.41) is 22.1. The van der Waals surface area contributed by atoms with Gasteiger partial charge in [0.15, 0.2) is 0 Å². The molecule has 1 aromatic heterocycles. The molecule has 0 aliphatic rings. The number of nitrogens with one attached hydrogen (secondary N) is 3. The molecule has 144 valence electrons. The van der Waals surface area contributed by atoms with Gasteiger partial charge in [-0.3, -0.25) is 14.7 Å². The van der Waals surface area contributed by atoms with Crippen molar-refractivity contribution in [3.8, 4) is 17.0 Å². The molecule has 0 unspecified atom stereocenters. The van der Waals surface area contributed by atoms with Crippen LogP contribution in [0.15, 0.2) is 54.6 Å². The first kappa shape index (κ1) is 19.2. The number of aromatic nitrogens is 2. The second-order valence-electron chi connectivity index (χ2n) is 6.40. The van der Waals surface area contributed by atoms with Crippen molar-refractivity contribution in [2.24, 2.45) is 0 Å². The van der Waals surface area contributed by atoms with Crippen LogP contribution in [-0.4, -0.2) is 40.2 Å². The van der Waals surface area contributed by atoms with E-state index in [1.807, 2.05) is 30.3 Å². The number of phenolic OH excluding ortho intramolecular Hbond substituents is 1. The molecule has 3 rings (SSSR count). The summed E-state index contributed by atoms with van der Waals surface area (Å²) in [6.45, 7) is 2.59. The summed E-state index contributed by atoms with van der Waals surface area (Å²) in [6, 6.07) is 16.1. The molecule has 0 saturated carbocycles. The molecule has 0 aliphatic carbocycles. The van der Waals surface area contributed by atoms with Crippen molar-refractivity contribution in [3.05, 3.63) is 71.4 Å². The Hall–Kier alpha value is -3.61. The largest absolute Gasteiger partial charge is 0.508 e. The molecule has 0 bridgehead atoms. The summed E-state index contributed by atoms with van der Waals surface area (Å²) < 4.78 is 0. The number of aryl methyl sites for hydroxylation is 1. The van der Waals surface area contributed by atoms with Crippen LogP contribution < -0.4 is 10.6 Å². The van der Waals surface area contributed by atoms with Gasteiger partial charge in [0.1, 0.15) is 11.4 Å². The van der Waals surface area contributed by atoms with Crippen molar-refractivity contribution in [2.45, 2.75) is 13.3 Å². The van der Waals surface area contributed by atoms with E-state index in [0.717, 1.165) is 5.56 Å². The van der Waals surface area contributed by atoms with Gasteiger partial charge < -0.3 is 15.7 Å². The highest BCUT2D eigenvalue weighted by Crippen LogP contribution is 2.17. The Kier molecular flexibility index (Phi) is 6.06. The molecule has 7 heteroatoms. The fourth-order valence-electron chi connectivity index (χ4n) is 2.63. The fraction of sp³-hybridized carbons (Fsp3) is 0.190. The lowest BCUT2D eigenvalue weighted by Crippen LogP contribution is -2.30. The van der Waals surface area contributed by atoms with Crippen molar-refractivity contribution in [2.75, 3.05) is 13.1 Å². The second-order valence-corrected chi connectivity index (χ2v) is 6.40. The minimum atomic E-state index is -0.261. The van der Waals surface area contributed by atoms with Crippen molar-refractivity contribution >= 4 is 11.8 Å². The third-order valence-corrected chi connectivity index (χ3v) is 4.29. The van der Waals surface area contributed by atoms with Gasteiger partial charge in [-0.05, 0) is 37.1 Å². The minimum absolute atomic E-state index is 0.0920. The number of amides is 2. The first-order valence-electron chi connectivity index (χ1n) is 9.01. The Morgan fingerprint density at radius 3 is 2.43 bits per heavy atom. The third kappa shape index (κ3) is 4.76. The van der Waals surface area contributed by atoms with Crippen molar-refractivity contribution in [1.82, 2.24) is 20.8 Å². The first-order valence-corrected chi connectivity index (χ1v) is 9.01. The highest BCUT2D eigenvalue weighted by molar-refractivity contribution is 5.95. The van der Waals surface area contributed by atoms with Gasteiger partial charge in [-0.1, -0.05) is 36.4 Å². The zero-order valence-corrected chi connectivity index (χ0v) is 15.5. The topological polar surface area (TPSA) is 107 Å². The number of H-pyrrole nitrogens is 1. The van der Waals surface area contributed by atoms with E-state index in [9.17, 15) is 14.7 Å². The van der Waals surface area contributed by atoms with Crippen molar-refractivity contribution < 1.29 is 14.7 Å². The molecule has 3 aromatic rings. The molecule has 7 nitrogen and oxygen atoms in total. The van der Waals surface area contributed by atoms with E-state index in [0.29, 0.717) is 42.0 Å². The lowest BCUT2D eigenvalue weighted by molar-refractivity contribution is 0.0948. The average molecular weight is 378 g/mol. The Balaban J connectivity index is 1.41. The number of aromatic amines is 1. The fourth-order valence-corrected chi connectivity index (χ4v) is 2.63. The standard InChI is InChI=1S/C21H22N4O3/c1-14-8-9-16(12-19(14)26)20(27)22-10-5-11-23-21(28)18-13-17(24-25-18)15-6-3-2-4-7-15/h2-4,6-9,12-13,26H,5,10-11H2,1H3,(H,22,27)(H,23,28)(H,24,25). The van der Waals surface area contributed by atoms with Crippen LogP contribution in [0.2, 0.25) is 0 Å². The highest BCUT2D eigenvalue weighted by atomic mass is 16.3. The van der Waals surface area contributed by atoms with Crippen LogP contribution in [0, 0.1) is 6.92 Å². The summed E-state index contributed by atoms with van der Waals surface area (Å²) in [6.07, 6.45) is 0.578. The summed E-state index contributed by atoms with van der Waals surface area (Å²) in [5.74, 6) is -0.415. The number of nitrogens with zero attached hydrogens (tertiary/aromatic N) is 1. The smallest absolute Gasteiger partial charge is 0.269 e. The summed E-state index contributed by atoms with van der Waals surface area (Å²) in [4.78, 5) is 24.2. The Labute approximate surface area is 162 Å². The molecule has 0 saturated heterocycles. The van der Waals surface area contributed by atoms with E-state index in [1.54, 1.807) is 25.1 Å². The molecule has 0 radical (unpaired) electrons. The van der Waals surface area contributed by atoms with E-state index >= 15 is 0 Å². The maximum atomic E-state index is 12.2. The van der Waals surface area contributed by atoms with Crippen LogP contribution in [0.25, 0.3) is 11.3 Å². The van der Waals surface area contributed by atoms with Crippen molar-refractivity contribution in [1.29, 1.82) is 0 Å². The van der Waals surface area contributed by atoms with E-state index in [4.69, 9.17) is 0 Å². The third-order valence-electron chi connectivity index (χ3n) is 4.29. The monoisotopic (exact) mass is 378 g/mol. The normalized spacial score (nSPS) is 10.5. The Bertz CT molecular complexity index is 967. The van der Waals surface area contributed by atoms with Crippen LogP contribution in [0.3, 0.4) is 0 Å². The van der Waals surface area contributed by atoms with Crippen LogP contribution in [0.5, 0.6) is 5.75 Å². The molecule has 4 N–H and O–H groups in total. The predicted octanol–water partition coefficient (Wildman–Crippen LogP) is 2.64. The van der Waals surface area contributed by atoms with Gasteiger partial charge >= 0.3 is 0 Å². The zero-order valence-electron chi connectivity index (χ0n) is 15.5. The molecule has 2 amide bonds. The number of hydrogen-bond donors (Lipinski definition) is 4. The number of rotatable bonds is 7. The molecule has 0 spiro atoms. The number of hydrogen-bond acceptors (Lipinski definition) is 4. The summed E-state index contributed by atoms with van der Waals surface area (Å²) in [5.41, 5.74) is 3.14. The molecule has 0 aliphatic heterocycles. The van der Waals surface area contributed by atoms with Gasteiger partial charge in [-0.15, -0.1) is 0 Å². The van der Waals surface area contributed by atoms with E-state index in [-0.39, 0.29) is 17.6 Å². The number of aromatic hydroxyl groups is 1. The summed E-state index contributed by atoms with van der Waals surface area (Å²) >= 11 is 0. The molecule has 1 heterocycles. The molecular formula is C21H22N4O3. The number of carbonyl (C=O) groups is 2. The lowest BCUT2D eigenvalue weighted by atomic mass is 10.1. The predicted molar refractivity (Wildman–Crippen MR) is 106 cm³/mol. The molecule has 28 heavy (non-hydrogen) atoms. The molecule has 0 atom stereocenters. The second kappa shape index (κ2) is 8.85. The van der Waals surface area contributed by atoms with Crippen LogP contribution in [0.1, 0.15) is 32.8 Å². The van der Waals surface area contributed by atoms with E-state index in [1.165, 1.54) is 6.07 Å². The van der Waals surface area contributed by atoms with Gasteiger partial charge in [0, 0.05) is 24.2 Å². The summed E-state index contributed by atoms with van der Waals surface area (Å²) in [7, 11) is 0. The van der Waals surface area contributed by atoms with Gasteiger partial charge in [-0.25, -0.2) is 0 Å². The zero-order chi connectivity index (χ0) is 19.9.